The molecule has 0 saturated heterocycles. The third kappa shape index (κ3) is 4.12. The SMILES string of the molecule is CC(NC(=O)Cc1coc(-c2ccccc2)n1)c1ccc(C#N)cc1. The predicted molar refractivity (Wildman–Crippen MR) is 93.4 cm³/mol. The van der Waals surface area contributed by atoms with Crippen LogP contribution in [-0.2, 0) is 11.2 Å². The maximum Gasteiger partial charge on any atom is 0.226 e. The summed E-state index contributed by atoms with van der Waals surface area (Å²) < 4.78 is 5.44. The van der Waals surface area contributed by atoms with Gasteiger partial charge in [0.15, 0.2) is 0 Å². The Bertz CT molecular complexity index is 893. The molecule has 5 nitrogen and oxygen atoms in total. The highest BCUT2D eigenvalue weighted by molar-refractivity contribution is 5.78. The van der Waals surface area contributed by atoms with Crippen molar-refractivity contribution >= 4 is 5.91 Å². The molecule has 0 aliphatic heterocycles. The molecule has 0 aliphatic rings. The molecule has 1 amide bonds. The first-order valence-corrected chi connectivity index (χ1v) is 7.95. The largest absolute Gasteiger partial charge is 0.444 e. The fourth-order valence-corrected chi connectivity index (χ4v) is 2.49. The Kier molecular flexibility index (Phi) is 4.91. The number of nitrogens with one attached hydrogen (secondary N) is 1. The molecule has 5 heteroatoms. The van der Waals surface area contributed by atoms with Gasteiger partial charge >= 0.3 is 0 Å². The second-order valence-corrected chi connectivity index (χ2v) is 5.71. The maximum atomic E-state index is 12.2. The molecule has 25 heavy (non-hydrogen) atoms. The molecule has 124 valence electrons. The molecule has 0 radical (unpaired) electrons. The van der Waals surface area contributed by atoms with Crippen molar-refractivity contribution in [1.82, 2.24) is 10.3 Å². The fourth-order valence-electron chi connectivity index (χ4n) is 2.49. The van der Waals surface area contributed by atoms with Crippen LogP contribution >= 0.6 is 0 Å². The van der Waals surface area contributed by atoms with Gasteiger partial charge in [0.25, 0.3) is 0 Å². The summed E-state index contributed by atoms with van der Waals surface area (Å²) in [6.45, 7) is 1.90. The molecule has 1 aromatic heterocycles. The monoisotopic (exact) mass is 331 g/mol. The lowest BCUT2D eigenvalue weighted by atomic mass is 10.1. The fraction of sp³-hybridized carbons (Fsp3) is 0.150. The number of amides is 1. The van der Waals surface area contributed by atoms with E-state index in [0.29, 0.717) is 17.1 Å². The minimum atomic E-state index is -0.152. The van der Waals surface area contributed by atoms with Crippen LogP contribution in [0, 0.1) is 11.3 Å². The van der Waals surface area contributed by atoms with Crippen molar-refractivity contribution in [2.45, 2.75) is 19.4 Å². The number of hydrogen-bond donors (Lipinski definition) is 1. The summed E-state index contributed by atoms with van der Waals surface area (Å²) in [5.74, 6) is 0.369. The Labute approximate surface area is 145 Å². The lowest BCUT2D eigenvalue weighted by molar-refractivity contribution is -0.121. The molecular formula is C20H17N3O2. The Hall–Kier alpha value is -3.39. The number of aromatic nitrogens is 1. The summed E-state index contributed by atoms with van der Waals surface area (Å²) in [7, 11) is 0. The van der Waals surface area contributed by atoms with Gasteiger partial charge in [-0.25, -0.2) is 4.98 Å². The molecule has 0 fully saturated rings. The number of benzene rings is 2. The zero-order valence-electron chi connectivity index (χ0n) is 13.8. The number of hydrogen-bond acceptors (Lipinski definition) is 4. The standard InChI is InChI=1S/C20H17N3O2/c1-14(16-9-7-15(12-21)8-10-16)22-19(24)11-18-13-25-20(23-18)17-5-3-2-4-6-17/h2-10,13-14H,11H2,1H3,(H,22,24). The zero-order chi connectivity index (χ0) is 17.6. The number of oxazole rings is 1. The van der Waals surface area contributed by atoms with E-state index in [1.54, 1.807) is 12.1 Å². The second kappa shape index (κ2) is 7.45. The first kappa shape index (κ1) is 16.5. The van der Waals surface area contributed by atoms with Gasteiger partial charge in [-0.2, -0.15) is 5.26 Å². The van der Waals surface area contributed by atoms with Crippen molar-refractivity contribution in [3.63, 3.8) is 0 Å². The van der Waals surface area contributed by atoms with Crippen molar-refractivity contribution in [1.29, 1.82) is 5.26 Å². The molecule has 1 N–H and O–H groups in total. The van der Waals surface area contributed by atoms with Crippen LogP contribution in [0.5, 0.6) is 0 Å². The highest BCUT2D eigenvalue weighted by atomic mass is 16.3. The van der Waals surface area contributed by atoms with Gasteiger partial charge in [-0.1, -0.05) is 30.3 Å². The molecule has 0 spiro atoms. The average molecular weight is 331 g/mol. The van der Waals surface area contributed by atoms with Crippen molar-refractivity contribution < 1.29 is 9.21 Å². The summed E-state index contributed by atoms with van der Waals surface area (Å²) in [5, 5.41) is 11.8. The van der Waals surface area contributed by atoms with Crippen LogP contribution in [-0.4, -0.2) is 10.9 Å². The van der Waals surface area contributed by atoms with Gasteiger partial charge in [-0.15, -0.1) is 0 Å². The third-order valence-electron chi connectivity index (χ3n) is 3.83. The average Bonchev–Trinajstić information content (AvgIpc) is 3.10. The molecule has 0 saturated carbocycles. The number of nitriles is 1. The van der Waals surface area contributed by atoms with Gasteiger partial charge in [0.1, 0.15) is 6.26 Å². The Morgan fingerprint density at radius 2 is 1.92 bits per heavy atom. The predicted octanol–water partition coefficient (Wildman–Crippen LogP) is 3.63. The molecule has 1 unspecified atom stereocenters. The van der Waals surface area contributed by atoms with E-state index in [1.165, 1.54) is 6.26 Å². The van der Waals surface area contributed by atoms with Gasteiger partial charge in [0.05, 0.1) is 29.8 Å². The second-order valence-electron chi connectivity index (χ2n) is 5.71. The van der Waals surface area contributed by atoms with Crippen LogP contribution < -0.4 is 5.32 Å². The van der Waals surface area contributed by atoms with Gasteiger partial charge in [0.2, 0.25) is 11.8 Å². The summed E-state index contributed by atoms with van der Waals surface area (Å²) in [6, 6.07) is 18.6. The number of nitrogens with zero attached hydrogens (tertiary/aromatic N) is 2. The first-order chi connectivity index (χ1) is 12.2. The van der Waals surface area contributed by atoms with E-state index in [0.717, 1.165) is 11.1 Å². The Balaban J connectivity index is 1.61. The summed E-state index contributed by atoms with van der Waals surface area (Å²) in [4.78, 5) is 16.6. The Morgan fingerprint density at radius 3 is 2.60 bits per heavy atom. The van der Waals surface area contributed by atoms with E-state index in [-0.39, 0.29) is 18.4 Å². The van der Waals surface area contributed by atoms with Crippen LogP contribution in [0.1, 0.15) is 29.8 Å². The van der Waals surface area contributed by atoms with Crippen molar-refractivity contribution in [3.05, 3.63) is 77.7 Å². The minimum Gasteiger partial charge on any atom is -0.444 e. The normalized spacial score (nSPS) is 11.5. The first-order valence-electron chi connectivity index (χ1n) is 7.95. The van der Waals surface area contributed by atoms with E-state index in [4.69, 9.17) is 9.68 Å². The summed E-state index contributed by atoms with van der Waals surface area (Å²) in [6.07, 6.45) is 1.66. The van der Waals surface area contributed by atoms with Crippen LogP contribution in [0.15, 0.2) is 65.3 Å². The number of carbonyl (C=O) groups excluding carboxylic acids is 1. The van der Waals surface area contributed by atoms with E-state index < -0.39 is 0 Å². The molecule has 3 aromatic rings. The maximum absolute atomic E-state index is 12.2. The lowest BCUT2D eigenvalue weighted by Crippen LogP contribution is -2.28. The van der Waals surface area contributed by atoms with Gasteiger partial charge < -0.3 is 9.73 Å². The quantitative estimate of drug-likeness (QED) is 0.774. The van der Waals surface area contributed by atoms with Crippen LogP contribution in [0.3, 0.4) is 0 Å². The summed E-state index contributed by atoms with van der Waals surface area (Å²) in [5.41, 5.74) is 3.00. The van der Waals surface area contributed by atoms with Crippen molar-refractivity contribution in [2.24, 2.45) is 0 Å². The summed E-state index contributed by atoms with van der Waals surface area (Å²) >= 11 is 0. The highest BCUT2D eigenvalue weighted by Gasteiger charge is 2.13. The van der Waals surface area contributed by atoms with Crippen molar-refractivity contribution in [2.75, 3.05) is 0 Å². The van der Waals surface area contributed by atoms with Crippen LogP contribution in [0.25, 0.3) is 11.5 Å². The molecule has 0 aliphatic carbocycles. The lowest BCUT2D eigenvalue weighted by Gasteiger charge is -2.13. The van der Waals surface area contributed by atoms with E-state index in [9.17, 15) is 4.79 Å². The Morgan fingerprint density at radius 1 is 1.20 bits per heavy atom. The van der Waals surface area contributed by atoms with E-state index in [2.05, 4.69) is 16.4 Å². The van der Waals surface area contributed by atoms with Crippen LogP contribution in [0.4, 0.5) is 0 Å². The molecule has 1 heterocycles. The van der Waals surface area contributed by atoms with Gasteiger partial charge in [-0.05, 0) is 36.8 Å². The van der Waals surface area contributed by atoms with Crippen LogP contribution in [0.2, 0.25) is 0 Å². The highest BCUT2D eigenvalue weighted by Crippen LogP contribution is 2.18. The smallest absolute Gasteiger partial charge is 0.226 e. The third-order valence-corrected chi connectivity index (χ3v) is 3.83. The number of rotatable bonds is 5. The molecule has 0 bridgehead atoms. The van der Waals surface area contributed by atoms with E-state index in [1.807, 2.05) is 49.4 Å². The topological polar surface area (TPSA) is 78.9 Å². The minimum absolute atomic E-state index is 0.134. The molecular weight excluding hydrogens is 314 g/mol. The molecule has 1 atom stereocenters. The van der Waals surface area contributed by atoms with E-state index >= 15 is 0 Å². The number of carbonyl (C=O) groups is 1. The molecule has 3 rings (SSSR count). The zero-order valence-corrected chi connectivity index (χ0v) is 13.8. The van der Waals surface area contributed by atoms with Gasteiger partial charge in [-0.3, -0.25) is 4.79 Å². The van der Waals surface area contributed by atoms with Gasteiger partial charge in [0, 0.05) is 5.56 Å². The van der Waals surface area contributed by atoms with Crippen molar-refractivity contribution in [3.8, 4) is 17.5 Å². The molecule has 2 aromatic carbocycles.